The second-order valence-corrected chi connectivity index (χ2v) is 5.19. The van der Waals surface area contributed by atoms with Crippen LogP contribution < -0.4 is 0 Å². The van der Waals surface area contributed by atoms with Crippen LogP contribution in [0.25, 0.3) is 16.9 Å². The standard InChI is InChI=1S/C17H17FN2O/c1-3-14(21)16-15(12-8-6-11(2)7-9-12)19-17-13(18)5-4-10-20(16)17/h4-10,14,21H,3H2,1-2H3. The Morgan fingerprint density at radius 1 is 1.24 bits per heavy atom. The molecule has 3 aromatic rings. The van der Waals surface area contributed by atoms with Gasteiger partial charge in [0.1, 0.15) is 0 Å². The lowest BCUT2D eigenvalue weighted by Crippen LogP contribution is -2.02. The van der Waals surface area contributed by atoms with E-state index in [0.29, 0.717) is 17.8 Å². The molecule has 0 fully saturated rings. The zero-order valence-electron chi connectivity index (χ0n) is 12.0. The molecule has 1 N–H and O–H groups in total. The lowest BCUT2D eigenvalue weighted by molar-refractivity contribution is 0.168. The van der Waals surface area contributed by atoms with Gasteiger partial charge in [-0.05, 0) is 25.5 Å². The van der Waals surface area contributed by atoms with E-state index in [1.807, 2.05) is 38.1 Å². The molecule has 0 amide bonds. The maximum absolute atomic E-state index is 14.0. The summed E-state index contributed by atoms with van der Waals surface area (Å²) in [5, 5.41) is 10.3. The molecule has 1 atom stereocenters. The van der Waals surface area contributed by atoms with Gasteiger partial charge in [0.05, 0.1) is 17.5 Å². The number of hydrogen-bond acceptors (Lipinski definition) is 2. The van der Waals surface area contributed by atoms with E-state index in [9.17, 15) is 9.50 Å². The van der Waals surface area contributed by atoms with Crippen molar-refractivity contribution < 1.29 is 9.50 Å². The van der Waals surface area contributed by atoms with Gasteiger partial charge in [-0.15, -0.1) is 0 Å². The number of imidazole rings is 1. The predicted octanol–water partition coefficient (Wildman–Crippen LogP) is 3.89. The van der Waals surface area contributed by atoms with E-state index < -0.39 is 6.10 Å². The third kappa shape index (κ3) is 2.32. The molecule has 108 valence electrons. The number of nitrogens with zero attached hydrogens (tertiary/aromatic N) is 2. The third-order valence-corrected chi connectivity index (χ3v) is 3.67. The molecule has 0 aliphatic rings. The van der Waals surface area contributed by atoms with Crippen molar-refractivity contribution in [3.63, 3.8) is 0 Å². The van der Waals surface area contributed by atoms with Crippen LogP contribution in [0.3, 0.4) is 0 Å². The van der Waals surface area contributed by atoms with Crippen molar-refractivity contribution in [2.24, 2.45) is 0 Å². The molecule has 0 spiro atoms. The van der Waals surface area contributed by atoms with E-state index in [4.69, 9.17) is 0 Å². The largest absolute Gasteiger partial charge is 0.387 e. The lowest BCUT2D eigenvalue weighted by Gasteiger charge is -2.10. The predicted molar refractivity (Wildman–Crippen MR) is 80.6 cm³/mol. The Morgan fingerprint density at radius 2 is 1.95 bits per heavy atom. The Bertz CT molecular complexity index is 777. The van der Waals surface area contributed by atoms with Gasteiger partial charge >= 0.3 is 0 Å². The summed E-state index contributed by atoms with van der Waals surface area (Å²) < 4.78 is 15.6. The highest BCUT2D eigenvalue weighted by Crippen LogP contribution is 2.31. The van der Waals surface area contributed by atoms with Gasteiger partial charge in [0.15, 0.2) is 11.5 Å². The maximum Gasteiger partial charge on any atom is 0.174 e. The SMILES string of the molecule is CCC(O)c1c(-c2ccc(C)cc2)nc2c(F)cccn12. The van der Waals surface area contributed by atoms with Gasteiger partial charge in [0.25, 0.3) is 0 Å². The first-order valence-corrected chi connectivity index (χ1v) is 7.03. The highest BCUT2D eigenvalue weighted by molar-refractivity contribution is 5.67. The van der Waals surface area contributed by atoms with Gasteiger partial charge in [-0.3, -0.25) is 4.40 Å². The minimum Gasteiger partial charge on any atom is -0.387 e. The van der Waals surface area contributed by atoms with E-state index >= 15 is 0 Å². The molecule has 0 saturated carbocycles. The summed E-state index contributed by atoms with van der Waals surface area (Å²) in [6.45, 7) is 3.90. The summed E-state index contributed by atoms with van der Waals surface area (Å²) in [7, 11) is 0. The van der Waals surface area contributed by atoms with Crippen LogP contribution in [-0.2, 0) is 0 Å². The second-order valence-electron chi connectivity index (χ2n) is 5.19. The van der Waals surface area contributed by atoms with Crippen LogP contribution in [0.5, 0.6) is 0 Å². The molecular weight excluding hydrogens is 267 g/mol. The summed E-state index contributed by atoms with van der Waals surface area (Å²) in [5.41, 5.74) is 3.54. The fourth-order valence-electron chi connectivity index (χ4n) is 2.49. The van der Waals surface area contributed by atoms with Crippen molar-refractivity contribution in [1.29, 1.82) is 0 Å². The van der Waals surface area contributed by atoms with Crippen LogP contribution in [0.1, 0.15) is 30.7 Å². The van der Waals surface area contributed by atoms with Crippen molar-refractivity contribution in [3.8, 4) is 11.3 Å². The number of halogens is 1. The van der Waals surface area contributed by atoms with E-state index in [-0.39, 0.29) is 11.5 Å². The molecule has 1 aromatic carbocycles. The molecule has 0 saturated heterocycles. The summed E-state index contributed by atoms with van der Waals surface area (Å²) in [6, 6.07) is 10.9. The fourth-order valence-corrected chi connectivity index (χ4v) is 2.49. The van der Waals surface area contributed by atoms with Crippen molar-refractivity contribution in [1.82, 2.24) is 9.38 Å². The Kier molecular flexibility index (Phi) is 3.47. The van der Waals surface area contributed by atoms with Gasteiger partial charge in [0.2, 0.25) is 0 Å². The number of hydrogen-bond donors (Lipinski definition) is 1. The van der Waals surface area contributed by atoms with Crippen LogP contribution in [0.2, 0.25) is 0 Å². The molecule has 21 heavy (non-hydrogen) atoms. The highest BCUT2D eigenvalue weighted by atomic mass is 19.1. The maximum atomic E-state index is 14.0. The van der Waals surface area contributed by atoms with Gasteiger partial charge in [0, 0.05) is 11.8 Å². The molecule has 2 heterocycles. The fraction of sp³-hybridized carbons (Fsp3) is 0.235. The summed E-state index contributed by atoms with van der Waals surface area (Å²) in [6.07, 6.45) is 1.60. The molecule has 0 radical (unpaired) electrons. The topological polar surface area (TPSA) is 37.5 Å². The molecule has 1 unspecified atom stereocenters. The minimum atomic E-state index is -0.682. The average Bonchev–Trinajstić information content (AvgIpc) is 2.88. The summed E-state index contributed by atoms with van der Waals surface area (Å²) in [4.78, 5) is 4.41. The van der Waals surface area contributed by atoms with E-state index in [0.717, 1.165) is 11.1 Å². The number of fused-ring (bicyclic) bond motifs is 1. The van der Waals surface area contributed by atoms with Crippen molar-refractivity contribution in [3.05, 3.63) is 59.7 Å². The summed E-state index contributed by atoms with van der Waals surface area (Å²) >= 11 is 0. The lowest BCUT2D eigenvalue weighted by atomic mass is 10.0. The molecular formula is C17H17FN2O. The molecule has 0 bridgehead atoms. The van der Waals surface area contributed by atoms with Crippen molar-refractivity contribution in [2.45, 2.75) is 26.4 Å². The number of aryl methyl sites for hydroxylation is 1. The first-order valence-electron chi connectivity index (χ1n) is 7.03. The third-order valence-electron chi connectivity index (χ3n) is 3.67. The van der Waals surface area contributed by atoms with E-state index in [2.05, 4.69) is 4.98 Å². The molecule has 3 nitrogen and oxygen atoms in total. The van der Waals surface area contributed by atoms with Crippen molar-refractivity contribution in [2.75, 3.05) is 0 Å². The average molecular weight is 284 g/mol. The van der Waals surface area contributed by atoms with Crippen LogP contribution in [-0.4, -0.2) is 14.5 Å². The Morgan fingerprint density at radius 3 is 2.62 bits per heavy atom. The van der Waals surface area contributed by atoms with E-state index in [1.54, 1.807) is 16.7 Å². The Hall–Kier alpha value is -2.20. The van der Waals surface area contributed by atoms with Crippen LogP contribution in [0.4, 0.5) is 4.39 Å². The minimum absolute atomic E-state index is 0.246. The number of benzene rings is 1. The monoisotopic (exact) mass is 284 g/mol. The van der Waals surface area contributed by atoms with E-state index in [1.165, 1.54) is 6.07 Å². The molecule has 0 aliphatic heterocycles. The van der Waals surface area contributed by atoms with Gasteiger partial charge < -0.3 is 5.11 Å². The first kappa shape index (κ1) is 13.8. The Labute approximate surface area is 122 Å². The Balaban J connectivity index is 2.30. The first-order chi connectivity index (χ1) is 10.1. The zero-order chi connectivity index (χ0) is 15.0. The van der Waals surface area contributed by atoms with Crippen molar-refractivity contribution >= 4 is 5.65 Å². The number of aliphatic hydroxyl groups is 1. The normalized spacial score (nSPS) is 12.8. The molecule has 2 aromatic heterocycles. The number of aromatic nitrogens is 2. The second kappa shape index (κ2) is 5.30. The number of pyridine rings is 1. The smallest absolute Gasteiger partial charge is 0.174 e. The molecule has 4 heteroatoms. The highest BCUT2D eigenvalue weighted by Gasteiger charge is 2.21. The van der Waals surface area contributed by atoms with Gasteiger partial charge in [-0.2, -0.15) is 0 Å². The number of aliphatic hydroxyl groups excluding tert-OH is 1. The zero-order valence-corrected chi connectivity index (χ0v) is 12.0. The van der Waals surface area contributed by atoms with Crippen LogP contribution in [0, 0.1) is 12.7 Å². The quantitative estimate of drug-likeness (QED) is 0.792. The van der Waals surface area contributed by atoms with Gasteiger partial charge in [-0.1, -0.05) is 36.8 Å². The number of rotatable bonds is 3. The van der Waals surface area contributed by atoms with Crippen LogP contribution in [0.15, 0.2) is 42.6 Å². The molecule has 0 aliphatic carbocycles. The summed E-state index contributed by atoms with van der Waals surface area (Å²) in [5.74, 6) is -0.389. The van der Waals surface area contributed by atoms with Gasteiger partial charge in [-0.25, -0.2) is 9.37 Å². The molecule has 3 rings (SSSR count). The van der Waals surface area contributed by atoms with Crippen LogP contribution >= 0.6 is 0 Å².